The molecule has 58 valence electrons. The molecule has 0 saturated heterocycles. The summed E-state index contributed by atoms with van der Waals surface area (Å²) >= 11 is -0.485. The van der Waals surface area contributed by atoms with Crippen LogP contribution in [0.3, 0.4) is 0 Å². The van der Waals surface area contributed by atoms with E-state index in [-0.39, 0.29) is 5.69 Å². The molecule has 1 aromatic heterocycles. The van der Waals surface area contributed by atoms with Crippen molar-refractivity contribution in [2.75, 3.05) is 0 Å². The number of carbonyl (C=O) groups excluding carboxylic acids is 1. The van der Waals surface area contributed by atoms with E-state index in [1.165, 1.54) is 12.3 Å². The summed E-state index contributed by atoms with van der Waals surface area (Å²) in [6, 6.07) is 4.71. The minimum Gasteiger partial charge on any atom is -0.355 e. The molecule has 11 heavy (non-hydrogen) atoms. The molecule has 0 aliphatic carbocycles. The van der Waals surface area contributed by atoms with Crippen molar-refractivity contribution < 1.29 is 12.9 Å². The van der Waals surface area contributed by atoms with Crippen molar-refractivity contribution >= 4 is 18.4 Å². The van der Waals surface area contributed by atoms with E-state index in [1.807, 2.05) is 0 Å². The van der Waals surface area contributed by atoms with Crippen molar-refractivity contribution in [3.63, 3.8) is 0 Å². The van der Waals surface area contributed by atoms with E-state index in [2.05, 4.69) is 9.17 Å². The number of rotatable bonds is 2. The Hall–Kier alpha value is -1.10. The lowest BCUT2D eigenvalue weighted by Crippen LogP contribution is -2.00. The summed E-state index contributed by atoms with van der Waals surface area (Å²) in [5, 5.41) is 0. The molecular formula is C6H4FNO2S. The summed E-state index contributed by atoms with van der Waals surface area (Å²) in [5.74, 6) is -0.780. The molecule has 1 rings (SSSR count). The van der Waals surface area contributed by atoms with E-state index < -0.39 is 18.4 Å². The molecule has 0 aliphatic heterocycles. The number of halogens is 1. The molecule has 0 unspecified atom stereocenters. The van der Waals surface area contributed by atoms with Crippen LogP contribution < -0.4 is 0 Å². The van der Waals surface area contributed by atoms with E-state index in [1.54, 1.807) is 12.1 Å². The van der Waals surface area contributed by atoms with Crippen LogP contribution in [0.25, 0.3) is 0 Å². The van der Waals surface area contributed by atoms with Crippen LogP contribution in [0.1, 0.15) is 10.5 Å². The molecule has 0 atom stereocenters. The zero-order valence-corrected chi connectivity index (χ0v) is 6.18. The molecule has 1 heterocycles. The van der Waals surface area contributed by atoms with E-state index >= 15 is 0 Å². The fourth-order valence-corrected chi connectivity index (χ4v) is 0.697. The van der Waals surface area contributed by atoms with Gasteiger partial charge in [0.05, 0.1) is 0 Å². The second kappa shape index (κ2) is 3.92. The first-order valence-corrected chi connectivity index (χ1v) is 3.39. The van der Waals surface area contributed by atoms with E-state index in [4.69, 9.17) is 0 Å². The van der Waals surface area contributed by atoms with Crippen LogP contribution in [-0.2, 0) is 4.18 Å². The highest BCUT2D eigenvalue weighted by Crippen LogP contribution is 2.06. The monoisotopic (exact) mass is 173 g/mol. The van der Waals surface area contributed by atoms with Gasteiger partial charge >= 0.3 is 5.97 Å². The topological polar surface area (TPSA) is 39.2 Å². The highest BCUT2D eigenvalue weighted by Gasteiger charge is 2.07. The third kappa shape index (κ3) is 2.19. The predicted octanol–water partition coefficient (Wildman–Crippen LogP) is 1.77. The molecule has 0 aromatic carbocycles. The Kier molecular flexibility index (Phi) is 2.85. The number of aromatic nitrogens is 1. The van der Waals surface area contributed by atoms with Gasteiger partial charge in [0.2, 0.25) is 0 Å². The molecule has 0 bridgehead atoms. The van der Waals surface area contributed by atoms with Gasteiger partial charge in [-0.15, -0.1) is 3.89 Å². The average molecular weight is 173 g/mol. The van der Waals surface area contributed by atoms with Crippen LogP contribution in [0.15, 0.2) is 24.4 Å². The second-order valence-electron chi connectivity index (χ2n) is 1.65. The summed E-state index contributed by atoms with van der Waals surface area (Å²) in [4.78, 5) is 14.3. The Morgan fingerprint density at radius 3 is 3.00 bits per heavy atom. The Morgan fingerprint density at radius 2 is 2.45 bits per heavy atom. The van der Waals surface area contributed by atoms with Gasteiger partial charge < -0.3 is 4.18 Å². The summed E-state index contributed by atoms with van der Waals surface area (Å²) in [6.45, 7) is 0. The van der Waals surface area contributed by atoms with Crippen LogP contribution in [0.2, 0.25) is 0 Å². The normalized spacial score (nSPS) is 9.18. The van der Waals surface area contributed by atoms with Crippen molar-refractivity contribution in [1.29, 1.82) is 0 Å². The maximum absolute atomic E-state index is 11.4. The summed E-state index contributed by atoms with van der Waals surface area (Å²) in [6.07, 6.45) is 1.43. The maximum atomic E-state index is 11.4. The minimum absolute atomic E-state index is 0.0950. The number of pyridine rings is 1. The van der Waals surface area contributed by atoms with Gasteiger partial charge in [0.1, 0.15) is 5.69 Å². The lowest BCUT2D eigenvalue weighted by atomic mass is 10.4. The lowest BCUT2D eigenvalue weighted by Gasteiger charge is -1.93. The van der Waals surface area contributed by atoms with Crippen molar-refractivity contribution in [1.82, 2.24) is 4.98 Å². The smallest absolute Gasteiger partial charge is 0.355 e. The van der Waals surface area contributed by atoms with Crippen LogP contribution >= 0.6 is 12.4 Å². The Bertz CT molecular complexity index is 242. The third-order valence-electron chi connectivity index (χ3n) is 0.981. The summed E-state index contributed by atoms with van der Waals surface area (Å²) in [5.41, 5.74) is 0.0950. The zero-order chi connectivity index (χ0) is 8.10. The highest BCUT2D eigenvalue weighted by molar-refractivity contribution is 7.89. The quantitative estimate of drug-likeness (QED) is 0.639. The van der Waals surface area contributed by atoms with Crippen LogP contribution in [0.5, 0.6) is 0 Å². The van der Waals surface area contributed by atoms with Gasteiger partial charge in [0, 0.05) is 6.20 Å². The SMILES string of the molecule is O=C(OSF)c1ccccn1. The number of carbonyl (C=O) groups is 1. The molecule has 1 aromatic rings. The molecule has 0 fully saturated rings. The first kappa shape index (κ1) is 8.00. The number of hydrogen-bond donors (Lipinski definition) is 0. The van der Waals surface area contributed by atoms with E-state index in [9.17, 15) is 8.68 Å². The van der Waals surface area contributed by atoms with Gasteiger partial charge in [-0.1, -0.05) is 6.07 Å². The fraction of sp³-hybridized carbons (Fsp3) is 0. The molecule has 0 spiro atoms. The molecule has 0 saturated carbocycles. The van der Waals surface area contributed by atoms with Crippen molar-refractivity contribution in [2.45, 2.75) is 0 Å². The second-order valence-corrected chi connectivity index (χ2v) is 1.94. The molecule has 5 heteroatoms. The van der Waals surface area contributed by atoms with E-state index in [0.29, 0.717) is 0 Å². The average Bonchev–Trinajstić information content (AvgIpc) is 2.07. The highest BCUT2D eigenvalue weighted by atomic mass is 32.2. The molecule has 0 amide bonds. The van der Waals surface area contributed by atoms with Crippen molar-refractivity contribution in [2.24, 2.45) is 0 Å². The third-order valence-corrected chi connectivity index (χ3v) is 1.20. The Labute approximate surface area is 67.1 Å². The standard InChI is InChI=1S/C6H4FNO2S/c7-11-10-6(9)5-3-1-2-4-8-5/h1-4H. The van der Waals surface area contributed by atoms with Gasteiger partial charge in [-0.3, -0.25) is 0 Å². The molecule has 0 N–H and O–H groups in total. The fourth-order valence-electron chi connectivity index (χ4n) is 0.555. The predicted molar refractivity (Wildman–Crippen MR) is 38.4 cm³/mol. The molecule has 0 radical (unpaired) electrons. The summed E-state index contributed by atoms with van der Waals surface area (Å²) < 4.78 is 15.4. The van der Waals surface area contributed by atoms with Crippen molar-refractivity contribution in [3.05, 3.63) is 30.1 Å². The van der Waals surface area contributed by atoms with Gasteiger partial charge in [-0.2, -0.15) is 0 Å². The Morgan fingerprint density at radius 1 is 1.64 bits per heavy atom. The van der Waals surface area contributed by atoms with Gasteiger partial charge in [0.25, 0.3) is 12.4 Å². The lowest BCUT2D eigenvalue weighted by molar-refractivity contribution is 0.0757. The first-order valence-electron chi connectivity index (χ1n) is 2.75. The molecular weight excluding hydrogens is 169 g/mol. The van der Waals surface area contributed by atoms with Gasteiger partial charge in [-0.25, -0.2) is 9.78 Å². The molecule has 0 aliphatic rings. The summed E-state index contributed by atoms with van der Waals surface area (Å²) in [7, 11) is 0. The molecule has 3 nitrogen and oxygen atoms in total. The van der Waals surface area contributed by atoms with Gasteiger partial charge in [-0.05, 0) is 12.1 Å². The number of nitrogens with zero attached hydrogens (tertiary/aromatic N) is 1. The van der Waals surface area contributed by atoms with Crippen LogP contribution in [0.4, 0.5) is 3.89 Å². The zero-order valence-electron chi connectivity index (χ0n) is 5.36. The van der Waals surface area contributed by atoms with Crippen molar-refractivity contribution in [3.8, 4) is 0 Å². The van der Waals surface area contributed by atoms with Gasteiger partial charge in [0.15, 0.2) is 0 Å². The number of hydrogen-bond acceptors (Lipinski definition) is 4. The van der Waals surface area contributed by atoms with Crippen LogP contribution in [0, 0.1) is 0 Å². The maximum Gasteiger partial charge on any atom is 0.370 e. The first-order chi connectivity index (χ1) is 5.34. The van der Waals surface area contributed by atoms with Crippen LogP contribution in [-0.4, -0.2) is 11.0 Å². The minimum atomic E-state index is -0.780. The largest absolute Gasteiger partial charge is 0.370 e. The van der Waals surface area contributed by atoms with E-state index in [0.717, 1.165) is 0 Å². The Balaban J connectivity index is 2.69.